The molecule has 183 valence electrons. The van der Waals surface area contributed by atoms with E-state index < -0.39 is 44.4 Å². The fourth-order valence-corrected chi connectivity index (χ4v) is 3.92. The Labute approximate surface area is 193 Å². The normalized spacial score (nSPS) is 12.0. The fraction of sp³-hybridized carbons (Fsp3) is 0.500. The van der Waals surface area contributed by atoms with Gasteiger partial charge in [0.15, 0.2) is 14.9 Å². The van der Waals surface area contributed by atoms with Crippen LogP contribution in [-0.2, 0) is 19.4 Å². The van der Waals surface area contributed by atoms with E-state index >= 15 is 0 Å². The van der Waals surface area contributed by atoms with Gasteiger partial charge in [-0.3, -0.25) is 15.0 Å². The Morgan fingerprint density at radius 3 is 2.48 bits per heavy atom. The standard InChI is InChI=1S/C20H31N6O6S/c1-15(2)10-13-22-19(28)17(9-6-12-23-20(21)25-26(29)30)24-18(27)11-14-33(31,32)16-7-4-3-5-8-16/h3-5,7-8,13,15,17H,6,9-12,14H2,1-2H3,(H,22,28)(H,24,27)(H3,21,23,25)/t17-/m0/s1. The number of benzene rings is 1. The van der Waals surface area contributed by atoms with Gasteiger partial charge in [-0.1, -0.05) is 37.5 Å². The average Bonchev–Trinajstić information content (AvgIpc) is 2.74. The van der Waals surface area contributed by atoms with Gasteiger partial charge in [0.1, 0.15) is 6.04 Å². The van der Waals surface area contributed by atoms with E-state index in [-0.39, 0.29) is 24.3 Å². The number of nitrogens with one attached hydrogen (secondary N) is 5. The lowest BCUT2D eigenvalue weighted by Gasteiger charge is -2.19. The Hall–Kier alpha value is -3.22. The Kier molecular flexibility index (Phi) is 11.8. The maximum absolute atomic E-state index is 12.5. The zero-order valence-electron chi connectivity index (χ0n) is 18.7. The molecule has 0 aliphatic rings. The van der Waals surface area contributed by atoms with Crippen molar-refractivity contribution in [3.05, 3.63) is 47.0 Å². The summed E-state index contributed by atoms with van der Waals surface area (Å²) in [6.07, 6.45) is 0.809. The van der Waals surface area contributed by atoms with Crippen LogP contribution in [0.15, 0.2) is 35.2 Å². The topological polar surface area (TPSA) is 183 Å². The van der Waals surface area contributed by atoms with Crippen molar-refractivity contribution in [1.82, 2.24) is 21.4 Å². The van der Waals surface area contributed by atoms with Crippen LogP contribution < -0.4 is 21.4 Å². The van der Waals surface area contributed by atoms with E-state index in [1.54, 1.807) is 30.2 Å². The molecule has 1 aromatic carbocycles. The van der Waals surface area contributed by atoms with Crippen molar-refractivity contribution in [3.8, 4) is 0 Å². The predicted octanol–water partition coefficient (Wildman–Crippen LogP) is 0.745. The van der Waals surface area contributed by atoms with E-state index in [4.69, 9.17) is 5.41 Å². The zero-order valence-corrected chi connectivity index (χ0v) is 19.5. The van der Waals surface area contributed by atoms with Crippen LogP contribution in [0.3, 0.4) is 0 Å². The number of rotatable bonds is 14. The minimum absolute atomic E-state index is 0.118. The second kappa shape index (κ2) is 14.0. The molecule has 0 fully saturated rings. The van der Waals surface area contributed by atoms with Crippen LogP contribution in [0, 0.1) is 28.0 Å². The average molecular weight is 484 g/mol. The molecule has 0 aromatic heterocycles. The van der Waals surface area contributed by atoms with Crippen molar-refractivity contribution in [2.45, 2.75) is 50.5 Å². The number of hydrogen-bond donors (Lipinski definition) is 5. The molecule has 0 spiro atoms. The number of carbonyl (C=O) groups is 2. The molecular formula is C20H31N6O6S. The molecule has 0 heterocycles. The molecule has 1 radical (unpaired) electrons. The molecule has 0 aliphatic heterocycles. The lowest BCUT2D eigenvalue weighted by molar-refractivity contribution is -0.525. The third-order valence-electron chi connectivity index (χ3n) is 4.36. The molecular weight excluding hydrogens is 452 g/mol. The monoisotopic (exact) mass is 483 g/mol. The van der Waals surface area contributed by atoms with E-state index in [2.05, 4.69) is 16.0 Å². The molecule has 2 amide bonds. The minimum atomic E-state index is -3.64. The zero-order chi connectivity index (χ0) is 24.9. The maximum Gasteiger partial charge on any atom is 0.251 e. The molecule has 1 atom stereocenters. The van der Waals surface area contributed by atoms with Crippen LogP contribution in [0.2, 0.25) is 0 Å². The Bertz CT molecular complexity index is 907. The first-order valence-electron chi connectivity index (χ1n) is 10.4. The summed E-state index contributed by atoms with van der Waals surface area (Å²) in [7, 11) is -3.64. The Morgan fingerprint density at radius 1 is 1.21 bits per heavy atom. The highest BCUT2D eigenvalue weighted by Crippen LogP contribution is 2.11. The third-order valence-corrected chi connectivity index (χ3v) is 6.09. The summed E-state index contributed by atoms with van der Waals surface area (Å²) in [5, 5.41) is 24.4. The summed E-state index contributed by atoms with van der Waals surface area (Å²) in [5.74, 6) is -1.61. The second-order valence-electron chi connectivity index (χ2n) is 7.66. The van der Waals surface area contributed by atoms with Gasteiger partial charge >= 0.3 is 0 Å². The summed E-state index contributed by atoms with van der Waals surface area (Å²) in [6.45, 7) is 5.71. The first-order valence-corrected chi connectivity index (χ1v) is 12.1. The first-order chi connectivity index (χ1) is 15.5. The third kappa shape index (κ3) is 11.8. The van der Waals surface area contributed by atoms with E-state index in [0.29, 0.717) is 18.8 Å². The molecule has 0 saturated heterocycles. The number of nitro groups is 1. The van der Waals surface area contributed by atoms with E-state index in [1.807, 2.05) is 13.8 Å². The highest BCUT2D eigenvalue weighted by molar-refractivity contribution is 7.91. The number of carbonyl (C=O) groups excluding carboxylic acids is 2. The molecule has 1 rings (SSSR count). The largest absolute Gasteiger partial charge is 0.352 e. The summed E-state index contributed by atoms with van der Waals surface area (Å²) < 4.78 is 24.7. The molecule has 12 nitrogen and oxygen atoms in total. The number of guanidine groups is 1. The van der Waals surface area contributed by atoms with Gasteiger partial charge < -0.3 is 16.0 Å². The van der Waals surface area contributed by atoms with Crippen LogP contribution in [0.5, 0.6) is 0 Å². The second-order valence-corrected chi connectivity index (χ2v) is 9.77. The lowest BCUT2D eigenvalue weighted by atomic mass is 10.1. The molecule has 0 saturated carbocycles. The highest BCUT2D eigenvalue weighted by atomic mass is 32.2. The quantitative estimate of drug-likeness (QED) is 0.0843. The van der Waals surface area contributed by atoms with Crippen LogP contribution in [0.25, 0.3) is 0 Å². The molecule has 1 aromatic rings. The van der Waals surface area contributed by atoms with Crippen LogP contribution in [0.4, 0.5) is 0 Å². The van der Waals surface area contributed by atoms with Crippen molar-refractivity contribution >= 4 is 27.6 Å². The van der Waals surface area contributed by atoms with E-state index in [1.165, 1.54) is 12.1 Å². The van der Waals surface area contributed by atoms with Crippen molar-refractivity contribution < 1.29 is 23.0 Å². The molecule has 13 heteroatoms. The van der Waals surface area contributed by atoms with Gasteiger partial charge in [-0.05, 0) is 37.3 Å². The number of nitrogens with zero attached hydrogens (tertiary/aromatic N) is 1. The van der Waals surface area contributed by atoms with Gasteiger partial charge in [-0.2, -0.15) is 0 Å². The van der Waals surface area contributed by atoms with Crippen molar-refractivity contribution in [2.24, 2.45) is 5.92 Å². The minimum Gasteiger partial charge on any atom is -0.352 e. The van der Waals surface area contributed by atoms with Gasteiger partial charge in [-0.15, -0.1) is 0 Å². The van der Waals surface area contributed by atoms with E-state index in [0.717, 1.165) is 0 Å². The SMILES string of the molecule is CC(C)C[CH]NC(=O)[C@H](CCCNC(=N)N[N+](=O)[O-])NC(=O)CCS(=O)(=O)c1ccccc1. The number of sulfone groups is 1. The Balaban J connectivity index is 2.63. The summed E-state index contributed by atoms with van der Waals surface area (Å²) in [4.78, 5) is 35.3. The van der Waals surface area contributed by atoms with Crippen LogP contribution in [0.1, 0.15) is 39.5 Å². The molecule has 5 N–H and O–H groups in total. The molecule has 0 unspecified atom stereocenters. The van der Waals surface area contributed by atoms with Gasteiger partial charge in [0.05, 0.1) is 10.6 Å². The number of amides is 2. The lowest BCUT2D eigenvalue weighted by Crippen LogP contribution is -2.47. The van der Waals surface area contributed by atoms with E-state index in [9.17, 15) is 28.1 Å². The van der Waals surface area contributed by atoms with Gasteiger partial charge in [-0.25, -0.2) is 18.5 Å². The van der Waals surface area contributed by atoms with Gasteiger partial charge in [0.2, 0.25) is 11.8 Å². The number of hydrogen-bond acceptors (Lipinski definition) is 7. The van der Waals surface area contributed by atoms with Crippen LogP contribution in [-0.4, -0.2) is 49.6 Å². The van der Waals surface area contributed by atoms with Gasteiger partial charge in [0, 0.05) is 19.5 Å². The summed E-state index contributed by atoms with van der Waals surface area (Å²) >= 11 is 0. The first kappa shape index (κ1) is 27.8. The maximum atomic E-state index is 12.5. The Morgan fingerprint density at radius 2 is 1.88 bits per heavy atom. The van der Waals surface area contributed by atoms with Crippen molar-refractivity contribution in [3.63, 3.8) is 0 Å². The van der Waals surface area contributed by atoms with Crippen LogP contribution >= 0.6 is 0 Å². The number of hydrazine groups is 1. The highest BCUT2D eigenvalue weighted by Gasteiger charge is 2.22. The van der Waals surface area contributed by atoms with Crippen molar-refractivity contribution in [2.75, 3.05) is 12.3 Å². The molecule has 33 heavy (non-hydrogen) atoms. The fourth-order valence-electron chi connectivity index (χ4n) is 2.65. The summed E-state index contributed by atoms with van der Waals surface area (Å²) in [6, 6.07) is 6.85. The smallest absolute Gasteiger partial charge is 0.251 e. The van der Waals surface area contributed by atoms with Gasteiger partial charge in [0.25, 0.3) is 5.96 Å². The summed E-state index contributed by atoms with van der Waals surface area (Å²) in [5.41, 5.74) is 1.65. The molecule has 0 bridgehead atoms. The predicted molar refractivity (Wildman–Crippen MR) is 122 cm³/mol. The van der Waals surface area contributed by atoms with Crippen molar-refractivity contribution in [1.29, 1.82) is 5.41 Å². The molecule has 0 aliphatic carbocycles.